The fourth-order valence-electron chi connectivity index (χ4n) is 2.55. The standard InChI is InChI=1S/C18H27BO2S/c1-13(2)16-10-8-7-9-14(16)11-15(12-22)19-20-17(3,4)18(5,6)21-19/h7-11,13,22H,12H2,1-6H3. The minimum absolute atomic E-state index is 0.322. The van der Waals surface area contributed by atoms with Gasteiger partial charge in [0.25, 0.3) is 0 Å². The molecule has 0 N–H and O–H groups in total. The van der Waals surface area contributed by atoms with Crippen LogP contribution in [0, 0.1) is 0 Å². The third-order valence-electron chi connectivity index (χ3n) is 4.70. The predicted octanol–water partition coefficient (Wildman–Crippen LogP) is 4.75. The van der Waals surface area contributed by atoms with Crippen molar-refractivity contribution in [2.75, 3.05) is 5.75 Å². The summed E-state index contributed by atoms with van der Waals surface area (Å²) in [6.07, 6.45) is 2.17. The predicted molar refractivity (Wildman–Crippen MR) is 98.4 cm³/mol. The maximum atomic E-state index is 6.15. The van der Waals surface area contributed by atoms with Gasteiger partial charge < -0.3 is 9.31 Å². The number of thiol groups is 1. The van der Waals surface area contributed by atoms with E-state index in [9.17, 15) is 0 Å². The first-order valence-corrected chi connectivity index (χ1v) is 8.57. The molecule has 1 heterocycles. The van der Waals surface area contributed by atoms with Crippen LogP contribution < -0.4 is 0 Å². The molecule has 0 unspecified atom stereocenters. The average molecular weight is 318 g/mol. The molecule has 2 rings (SSSR count). The van der Waals surface area contributed by atoms with Crippen molar-refractivity contribution in [2.45, 2.75) is 58.7 Å². The smallest absolute Gasteiger partial charge is 0.400 e. The highest BCUT2D eigenvalue weighted by Gasteiger charge is 2.52. The van der Waals surface area contributed by atoms with E-state index in [0.717, 1.165) is 5.47 Å². The SMILES string of the molecule is CC(C)c1ccccc1C=C(CS)B1OC(C)(C)C(C)(C)O1. The van der Waals surface area contributed by atoms with Crippen molar-refractivity contribution in [1.82, 2.24) is 0 Å². The molecule has 1 aliphatic rings. The molecule has 0 spiro atoms. The van der Waals surface area contributed by atoms with Crippen LogP contribution in [-0.2, 0) is 9.31 Å². The lowest BCUT2D eigenvalue weighted by atomic mass is 9.77. The van der Waals surface area contributed by atoms with Gasteiger partial charge in [-0.3, -0.25) is 0 Å². The number of hydrogen-bond acceptors (Lipinski definition) is 3. The molecule has 0 bridgehead atoms. The Morgan fingerprint density at radius 3 is 2.18 bits per heavy atom. The van der Waals surface area contributed by atoms with Crippen molar-refractivity contribution in [1.29, 1.82) is 0 Å². The normalized spacial score (nSPS) is 20.7. The Labute approximate surface area is 140 Å². The van der Waals surface area contributed by atoms with Crippen molar-refractivity contribution in [3.8, 4) is 0 Å². The van der Waals surface area contributed by atoms with Crippen molar-refractivity contribution < 1.29 is 9.31 Å². The molecular weight excluding hydrogens is 291 g/mol. The lowest BCUT2D eigenvalue weighted by Crippen LogP contribution is -2.41. The van der Waals surface area contributed by atoms with Gasteiger partial charge >= 0.3 is 7.12 Å². The molecule has 22 heavy (non-hydrogen) atoms. The molecule has 1 aromatic rings. The Morgan fingerprint density at radius 1 is 1.14 bits per heavy atom. The van der Waals surface area contributed by atoms with Gasteiger partial charge in [0.15, 0.2) is 0 Å². The van der Waals surface area contributed by atoms with E-state index < -0.39 is 0 Å². The van der Waals surface area contributed by atoms with Crippen LogP contribution in [0.4, 0.5) is 0 Å². The van der Waals surface area contributed by atoms with Crippen LogP contribution in [-0.4, -0.2) is 24.1 Å². The largest absolute Gasteiger partial charge is 0.491 e. The zero-order valence-electron chi connectivity index (χ0n) is 14.5. The molecule has 4 heteroatoms. The van der Waals surface area contributed by atoms with E-state index in [1.54, 1.807) is 0 Å². The zero-order chi connectivity index (χ0) is 16.5. The summed E-state index contributed by atoms with van der Waals surface area (Å²) in [4.78, 5) is 0. The highest BCUT2D eigenvalue weighted by molar-refractivity contribution is 7.80. The summed E-state index contributed by atoms with van der Waals surface area (Å²) >= 11 is 4.49. The second-order valence-corrected chi connectivity index (χ2v) is 7.57. The van der Waals surface area contributed by atoms with E-state index in [1.807, 2.05) is 0 Å². The van der Waals surface area contributed by atoms with Crippen molar-refractivity contribution >= 4 is 25.8 Å². The van der Waals surface area contributed by atoms with E-state index in [2.05, 4.69) is 84.5 Å². The highest BCUT2D eigenvalue weighted by Crippen LogP contribution is 2.39. The first kappa shape index (κ1) is 17.6. The molecule has 1 fully saturated rings. The van der Waals surface area contributed by atoms with Crippen LogP contribution in [0.2, 0.25) is 0 Å². The van der Waals surface area contributed by atoms with Crippen LogP contribution in [0.15, 0.2) is 29.7 Å². The summed E-state index contributed by atoms with van der Waals surface area (Å²) in [6.45, 7) is 12.7. The number of hydrogen-bond donors (Lipinski definition) is 1. The summed E-state index contributed by atoms with van der Waals surface area (Å²) in [5.41, 5.74) is 2.97. The molecule has 1 saturated heterocycles. The maximum Gasteiger partial charge on any atom is 0.491 e. The summed E-state index contributed by atoms with van der Waals surface area (Å²) in [6, 6.07) is 8.47. The second-order valence-electron chi connectivity index (χ2n) is 7.25. The first-order chi connectivity index (χ1) is 10.2. The van der Waals surface area contributed by atoms with Gasteiger partial charge in [-0.15, -0.1) is 0 Å². The monoisotopic (exact) mass is 318 g/mol. The van der Waals surface area contributed by atoms with E-state index in [0.29, 0.717) is 11.7 Å². The Hall–Kier alpha value is -0.705. The number of rotatable bonds is 4. The van der Waals surface area contributed by atoms with E-state index in [4.69, 9.17) is 9.31 Å². The Kier molecular flexibility index (Phi) is 5.15. The van der Waals surface area contributed by atoms with Gasteiger partial charge in [0.05, 0.1) is 11.2 Å². The Bertz CT molecular complexity index is 548. The molecule has 0 atom stereocenters. The van der Waals surface area contributed by atoms with E-state index in [1.165, 1.54) is 11.1 Å². The van der Waals surface area contributed by atoms with Crippen molar-refractivity contribution in [3.63, 3.8) is 0 Å². The van der Waals surface area contributed by atoms with Gasteiger partial charge in [0.1, 0.15) is 0 Å². The van der Waals surface area contributed by atoms with Gasteiger partial charge in [-0.05, 0) is 50.2 Å². The Balaban J connectivity index is 2.34. The van der Waals surface area contributed by atoms with Gasteiger partial charge in [0, 0.05) is 5.75 Å². The van der Waals surface area contributed by atoms with Crippen LogP contribution in [0.1, 0.15) is 58.6 Å². The van der Waals surface area contributed by atoms with Gasteiger partial charge in [-0.1, -0.05) is 44.2 Å². The van der Waals surface area contributed by atoms with E-state index >= 15 is 0 Å². The molecule has 0 amide bonds. The minimum atomic E-state index is -0.331. The average Bonchev–Trinajstić information content (AvgIpc) is 2.64. The molecular formula is C18H27BO2S. The molecule has 120 valence electrons. The number of benzene rings is 1. The Morgan fingerprint density at radius 2 is 1.68 bits per heavy atom. The summed E-state index contributed by atoms with van der Waals surface area (Å²) < 4.78 is 12.3. The maximum absolute atomic E-state index is 6.15. The van der Waals surface area contributed by atoms with Crippen LogP contribution in [0.25, 0.3) is 6.08 Å². The van der Waals surface area contributed by atoms with Gasteiger partial charge in [-0.2, -0.15) is 12.6 Å². The molecule has 0 radical (unpaired) electrons. The van der Waals surface area contributed by atoms with Gasteiger partial charge in [0.2, 0.25) is 0 Å². The quantitative estimate of drug-likeness (QED) is 0.638. The van der Waals surface area contributed by atoms with E-state index in [-0.39, 0.29) is 18.3 Å². The lowest BCUT2D eigenvalue weighted by molar-refractivity contribution is 0.00578. The third-order valence-corrected chi connectivity index (χ3v) is 5.06. The minimum Gasteiger partial charge on any atom is -0.400 e. The topological polar surface area (TPSA) is 18.5 Å². The van der Waals surface area contributed by atoms with Crippen molar-refractivity contribution in [2.24, 2.45) is 0 Å². The molecule has 0 saturated carbocycles. The summed E-state index contributed by atoms with van der Waals surface area (Å²) in [7, 11) is -0.331. The molecule has 2 nitrogen and oxygen atoms in total. The van der Waals surface area contributed by atoms with Crippen LogP contribution in [0.5, 0.6) is 0 Å². The van der Waals surface area contributed by atoms with Crippen molar-refractivity contribution in [3.05, 3.63) is 40.9 Å². The molecule has 1 aliphatic heterocycles. The third kappa shape index (κ3) is 3.45. The first-order valence-electron chi connectivity index (χ1n) is 7.94. The molecule has 0 aliphatic carbocycles. The molecule has 0 aromatic heterocycles. The molecule has 1 aromatic carbocycles. The van der Waals surface area contributed by atoms with Crippen LogP contribution in [0.3, 0.4) is 0 Å². The fraction of sp³-hybridized carbons (Fsp3) is 0.556. The summed E-state index contributed by atoms with van der Waals surface area (Å²) in [5, 5.41) is 0. The summed E-state index contributed by atoms with van der Waals surface area (Å²) in [5.74, 6) is 1.09. The lowest BCUT2D eigenvalue weighted by Gasteiger charge is -2.32. The van der Waals surface area contributed by atoms with Gasteiger partial charge in [-0.25, -0.2) is 0 Å². The second kappa shape index (κ2) is 6.42. The zero-order valence-corrected chi connectivity index (χ0v) is 15.4. The fourth-order valence-corrected chi connectivity index (χ4v) is 2.79. The van der Waals surface area contributed by atoms with Crippen LogP contribution >= 0.6 is 12.6 Å². The highest BCUT2D eigenvalue weighted by atomic mass is 32.1.